The van der Waals surface area contributed by atoms with Crippen LogP contribution in [0.4, 0.5) is 5.69 Å². The first-order chi connectivity index (χ1) is 8.97. The first kappa shape index (κ1) is 12.7. The molecule has 6 nitrogen and oxygen atoms in total. The van der Waals surface area contributed by atoms with Crippen molar-refractivity contribution in [2.75, 3.05) is 11.9 Å². The fourth-order valence-corrected chi connectivity index (χ4v) is 1.66. The van der Waals surface area contributed by atoms with Crippen LogP contribution in [0.15, 0.2) is 41.2 Å². The van der Waals surface area contributed by atoms with Crippen LogP contribution in [0.1, 0.15) is 10.4 Å². The Kier molecular flexibility index (Phi) is 3.24. The van der Waals surface area contributed by atoms with Crippen LogP contribution in [0.5, 0.6) is 11.6 Å². The minimum absolute atomic E-state index is 0.0332. The van der Waals surface area contributed by atoms with Crippen molar-refractivity contribution < 1.29 is 15.0 Å². The maximum absolute atomic E-state index is 12.1. The van der Waals surface area contributed by atoms with E-state index in [1.165, 1.54) is 30.1 Å². The van der Waals surface area contributed by atoms with Gasteiger partial charge in [0.2, 0.25) is 0 Å². The van der Waals surface area contributed by atoms with Gasteiger partial charge in [-0.05, 0) is 12.1 Å². The second kappa shape index (κ2) is 4.85. The van der Waals surface area contributed by atoms with Crippen molar-refractivity contribution in [2.24, 2.45) is 0 Å². The number of aromatic nitrogens is 1. The number of anilines is 1. The van der Waals surface area contributed by atoms with Gasteiger partial charge in [-0.1, -0.05) is 6.07 Å². The van der Waals surface area contributed by atoms with E-state index in [9.17, 15) is 19.8 Å². The van der Waals surface area contributed by atoms with Gasteiger partial charge in [-0.2, -0.15) is 0 Å². The minimum Gasteiger partial charge on any atom is -0.508 e. The van der Waals surface area contributed by atoms with Crippen LogP contribution in [0.25, 0.3) is 0 Å². The maximum Gasteiger partial charge on any atom is 0.258 e. The largest absolute Gasteiger partial charge is 0.508 e. The van der Waals surface area contributed by atoms with E-state index in [4.69, 9.17) is 0 Å². The van der Waals surface area contributed by atoms with Gasteiger partial charge in [-0.3, -0.25) is 14.6 Å². The van der Waals surface area contributed by atoms with Gasteiger partial charge >= 0.3 is 0 Å². The van der Waals surface area contributed by atoms with Crippen LogP contribution >= 0.6 is 0 Å². The third kappa shape index (κ3) is 2.74. The lowest BCUT2D eigenvalue weighted by Crippen LogP contribution is -2.27. The molecular formula is C13H12N2O4. The monoisotopic (exact) mass is 260 g/mol. The summed E-state index contributed by atoms with van der Waals surface area (Å²) >= 11 is 0. The molecule has 0 bridgehead atoms. The average molecular weight is 260 g/mol. The summed E-state index contributed by atoms with van der Waals surface area (Å²) in [6.07, 6.45) is 0. The van der Waals surface area contributed by atoms with E-state index >= 15 is 0 Å². The highest BCUT2D eigenvalue weighted by Gasteiger charge is 2.15. The predicted molar refractivity (Wildman–Crippen MR) is 69.6 cm³/mol. The van der Waals surface area contributed by atoms with Crippen molar-refractivity contribution in [3.63, 3.8) is 0 Å². The van der Waals surface area contributed by atoms with Crippen molar-refractivity contribution >= 4 is 11.6 Å². The summed E-state index contributed by atoms with van der Waals surface area (Å²) in [5, 5.41) is 18.6. The van der Waals surface area contributed by atoms with Gasteiger partial charge < -0.3 is 15.1 Å². The summed E-state index contributed by atoms with van der Waals surface area (Å²) in [4.78, 5) is 26.8. The molecular weight excluding hydrogens is 248 g/mol. The number of benzene rings is 1. The fraction of sp³-hybridized carbons (Fsp3) is 0.0769. The second-order valence-corrected chi connectivity index (χ2v) is 4.00. The average Bonchev–Trinajstić information content (AvgIpc) is 2.36. The van der Waals surface area contributed by atoms with Gasteiger partial charge in [0, 0.05) is 30.9 Å². The number of aromatic amines is 1. The molecule has 98 valence electrons. The summed E-state index contributed by atoms with van der Waals surface area (Å²) in [6, 6.07) is 8.42. The van der Waals surface area contributed by atoms with Gasteiger partial charge in [0.1, 0.15) is 5.75 Å². The zero-order chi connectivity index (χ0) is 14.0. The Morgan fingerprint density at radius 3 is 2.58 bits per heavy atom. The van der Waals surface area contributed by atoms with Crippen LogP contribution < -0.4 is 10.5 Å². The molecule has 0 aliphatic heterocycles. The number of phenols is 1. The molecule has 3 N–H and O–H groups in total. The molecule has 1 aromatic carbocycles. The Morgan fingerprint density at radius 2 is 1.95 bits per heavy atom. The van der Waals surface area contributed by atoms with Gasteiger partial charge in [0.15, 0.2) is 5.88 Å². The van der Waals surface area contributed by atoms with Crippen LogP contribution in [-0.2, 0) is 0 Å². The zero-order valence-corrected chi connectivity index (χ0v) is 10.1. The molecule has 0 atom stereocenters. The Bertz CT molecular complexity index is 678. The third-order valence-corrected chi connectivity index (χ3v) is 2.60. The zero-order valence-electron chi connectivity index (χ0n) is 10.1. The lowest BCUT2D eigenvalue weighted by atomic mass is 10.2. The number of aromatic hydroxyl groups is 2. The molecule has 6 heteroatoms. The van der Waals surface area contributed by atoms with Crippen molar-refractivity contribution in [3.05, 3.63) is 52.3 Å². The quantitative estimate of drug-likeness (QED) is 0.752. The van der Waals surface area contributed by atoms with Crippen molar-refractivity contribution in [1.29, 1.82) is 0 Å². The van der Waals surface area contributed by atoms with Crippen molar-refractivity contribution in [1.82, 2.24) is 4.98 Å². The number of hydrogen-bond donors (Lipinski definition) is 3. The standard InChI is InChI=1S/C13H12N2O4/c1-15(9-3-2-4-10(16)7-9)13(19)8-5-11(17)14-12(18)6-8/h2-7,16H,1H3,(H2,14,17,18). The van der Waals surface area contributed by atoms with Crippen LogP contribution in [0.2, 0.25) is 0 Å². The van der Waals surface area contributed by atoms with Gasteiger partial charge in [-0.15, -0.1) is 0 Å². The van der Waals surface area contributed by atoms with Crippen LogP contribution in [0.3, 0.4) is 0 Å². The topological polar surface area (TPSA) is 93.6 Å². The summed E-state index contributed by atoms with van der Waals surface area (Å²) in [5.74, 6) is -0.807. The Labute approximate surface area is 108 Å². The molecule has 0 saturated heterocycles. The van der Waals surface area contributed by atoms with Crippen molar-refractivity contribution in [2.45, 2.75) is 0 Å². The molecule has 2 aromatic rings. The van der Waals surface area contributed by atoms with E-state index < -0.39 is 11.5 Å². The third-order valence-electron chi connectivity index (χ3n) is 2.60. The van der Waals surface area contributed by atoms with E-state index in [2.05, 4.69) is 4.98 Å². The molecule has 0 radical (unpaired) electrons. The number of amides is 1. The van der Waals surface area contributed by atoms with E-state index in [1.807, 2.05) is 0 Å². The molecule has 1 aromatic heterocycles. The minimum atomic E-state index is -0.562. The van der Waals surface area contributed by atoms with E-state index in [0.29, 0.717) is 5.69 Å². The second-order valence-electron chi connectivity index (χ2n) is 4.00. The molecule has 0 aliphatic carbocycles. The normalized spacial score (nSPS) is 10.2. The summed E-state index contributed by atoms with van der Waals surface area (Å²) in [7, 11) is 1.51. The van der Waals surface area contributed by atoms with Gasteiger partial charge in [0.25, 0.3) is 11.5 Å². The lowest BCUT2D eigenvalue weighted by Gasteiger charge is -2.17. The van der Waals surface area contributed by atoms with E-state index in [0.717, 1.165) is 6.07 Å². The maximum atomic E-state index is 12.1. The predicted octanol–water partition coefficient (Wildman–Crippen LogP) is 1.06. The molecule has 1 amide bonds. The first-order valence-electron chi connectivity index (χ1n) is 5.48. The highest BCUT2D eigenvalue weighted by molar-refractivity contribution is 6.05. The molecule has 2 rings (SSSR count). The Hall–Kier alpha value is -2.76. The van der Waals surface area contributed by atoms with E-state index in [1.54, 1.807) is 12.1 Å². The number of phenolic OH excluding ortho intramolecular Hbond substituents is 1. The van der Waals surface area contributed by atoms with Gasteiger partial charge in [0.05, 0.1) is 5.56 Å². The van der Waals surface area contributed by atoms with E-state index in [-0.39, 0.29) is 17.2 Å². The molecule has 1 heterocycles. The molecule has 19 heavy (non-hydrogen) atoms. The molecule has 0 saturated carbocycles. The lowest BCUT2D eigenvalue weighted by molar-refractivity contribution is 0.0992. The molecule has 0 fully saturated rings. The first-order valence-corrected chi connectivity index (χ1v) is 5.48. The number of carbonyl (C=O) groups is 1. The number of hydrogen-bond acceptors (Lipinski definition) is 4. The number of H-pyrrole nitrogens is 1. The highest BCUT2D eigenvalue weighted by atomic mass is 16.3. The number of nitrogens with one attached hydrogen (secondary N) is 1. The SMILES string of the molecule is CN(C(=O)c1cc(O)[nH]c(=O)c1)c1cccc(O)c1. The number of nitrogens with zero attached hydrogens (tertiary/aromatic N) is 1. The molecule has 0 unspecified atom stereocenters. The number of carbonyl (C=O) groups excluding carboxylic acids is 1. The molecule has 0 spiro atoms. The highest BCUT2D eigenvalue weighted by Crippen LogP contribution is 2.20. The number of rotatable bonds is 2. The molecule has 0 aliphatic rings. The summed E-state index contributed by atoms with van der Waals surface area (Å²) in [5.41, 5.74) is -0.0236. The van der Waals surface area contributed by atoms with Crippen LogP contribution in [0, 0.1) is 0 Å². The fourth-order valence-electron chi connectivity index (χ4n) is 1.66. The summed E-state index contributed by atoms with van der Waals surface area (Å²) in [6.45, 7) is 0. The smallest absolute Gasteiger partial charge is 0.258 e. The number of pyridine rings is 1. The Balaban J connectivity index is 2.36. The summed E-state index contributed by atoms with van der Waals surface area (Å²) < 4.78 is 0. The Morgan fingerprint density at radius 1 is 1.21 bits per heavy atom. The van der Waals surface area contributed by atoms with Gasteiger partial charge in [-0.25, -0.2) is 0 Å². The van der Waals surface area contributed by atoms with Crippen molar-refractivity contribution in [3.8, 4) is 11.6 Å². The van der Waals surface area contributed by atoms with Crippen LogP contribution in [-0.4, -0.2) is 28.2 Å².